The van der Waals surface area contributed by atoms with Gasteiger partial charge in [0.2, 0.25) is 0 Å². The Hall–Kier alpha value is -0.960. The van der Waals surface area contributed by atoms with Gasteiger partial charge in [0.25, 0.3) is 0 Å². The number of rotatable bonds is 4. The van der Waals surface area contributed by atoms with E-state index in [9.17, 15) is 0 Å². The number of ether oxygens (including phenoxy) is 2. The van der Waals surface area contributed by atoms with Crippen LogP contribution in [0.25, 0.3) is 0 Å². The van der Waals surface area contributed by atoms with Crippen LogP contribution in [0.4, 0.5) is 0 Å². The molecule has 0 heterocycles. The minimum atomic E-state index is 0.533. The quantitative estimate of drug-likeness (QED) is 0.769. The highest BCUT2D eigenvalue weighted by molar-refractivity contribution is 9.10. The number of hydrogen-bond acceptors (Lipinski definition) is 2. The van der Waals surface area contributed by atoms with E-state index in [0.717, 1.165) is 21.5 Å². The normalized spacial score (nSPS) is 9.64. The molecule has 2 nitrogen and oxygen atoms in total. The first-order chi connectivity index (χ1) is 6.63. The Kier molecular flexibility index (Phi) is 4.01. The summed E-state index contributed by atoms with van der Waals surface area (Å²) in [7, 11) is 1.64. The monoisotopic (exact) mass is 256 g/mol. The van der Waals surface area contributed by atoms with E-state index >= 15 is 0 Å². The van der Waals surface area contributed by atoms with Gasteiger partial charge in [-0.05, 0) is 46.6 Å². The topological polar surface area (TPSA) is 18.5 Å². The summed E-state index contributed by atoms with van der Waals surface area (Å²) in [5, 5.41) is 0. The second-order valence-corrected chi connectivity index (χ2v) is 3.90. The molecular weight excluding hydrogens is 244 g/mol. The predicted octanol–water partition coefficient (Wildman–Crippen LogP) is 3.41. The highest BCUT2D eigenvalue weighted by Gasteiger charge is 2.02. The van der Waals surface area contributed by atoms with Gasteiger partial charge in [0.15, 0.2) is 0 Å². The molecule has 0 aromatic heterocycles. The first kappa shape index (κ1) is 11.1. The summed E-state index contributed by atoms with van der Waals surface area (Å²) in [5.41, 5.74) is 0.993. The Morgan fingerprint density at radius 1 is 1.50 bits per heavy atom. The highest BCUT2D eigenvalue weighted by Crippen LogP contribution is 2.29. The summed E-state index contributed by atoms with van der Waals surface area (Å²) in [6.45, 7) is 6.23. The smallest absolute Gasteiger partial charge is 0.134 e. The zero-order valence-electron chi connectivity index (χ0n) is 8.34. The van der Waals surface area contributed by atoms with E-state index in [0.29, 0.717) is 6.61 Å². The molecule has 0 saturated heterocycles. The molecule has 0 amide bonds. The summed E-state index contributed by atoms with van der Waals surface area (Å²) in [5.74, 6) is 1.60. The van der Waals surface area contributed by atoms with Crippen LogP contribution in [0, 0.1) is 0 Å². The van der Waals surface area contributed by atoms with E-state index in [1.807, 2.05) is 25.1 Å². The number of hydrogen-bond donors (Lipinski definition) is 0. The van der Waals surface area contributed by atoms with Crippen molar-refractivity contribution < 1.29 is 9.47 Å². The molecule has 14 heavy (non-hydrogen) atoms. The summed E-state index contributed by atoms with van der Waals surface area (Å²) < 4.78 is 11.5. The molecule has 0 aliphatic heterocycles. The Morgan fingerprint density at radius 3 is 2.71 bits per heavy atom. The number of halogens is 1. The van der Waals surface area contributed by atoms with Gasteiger partial charge in [-0.2, -0.15) is 0 Å². The van der Waals surface area contributed by atoms with Crippen LogP contribution >= 0.6 is 15.9 Å². The molecule has 0 atom stereocenters. The van der Waals surface area contributed by atoms with E-state index in [-0.39, 0.29) is 0 Å². The molecule has 0 aliphatic rings. The van der Waals surface area contributed by atoms with Gasteiger partial charge in [-0.15, -0.1) is 0 Å². The minimum Gasteiger partial charge on any atom is -0.497 e. The summed E-state index contributed by atoms with van der Waals surface area (Å²) in [4.78, 5) is 0. The SMILES string of the molecule is C=C(C)COc1ccc(OC)cc1Br. The number of benzene rings is 1. The van der Waals surface area contributed by atoms with Crippen LogP contribution in [0.1, 0.15) is 6.92 Å². The lowest BCUT2D eigenvalue weighted by molar-refractivity contribution is 0.348. The third kappa shape index (κ3) is 3.07. The lowest BCUT2D eigenvalue weighted by atomic mass is 10.3. The van der Waals surface area contributed by atoms with Crippen LogP contribution in [0.2, 0.25) is 0 Å². The van der Waals surface area contributed by atoms with Gasteiger partial charge in [0.1, 0.15) is 18.1 Å². The molecule has 0 spiro atoms. The van der Waals surface area contributed by atoms with E-state index in [1.165, 1.54) is 0 Å². The zero-order valence-corrected chi connectivity index (χ0v) is 9.93. The Labute approximate surface area is 92.7 Å². The molecule has 0 radical (unpaired) electrons. The van der Waals surface area contributed by atoms with Crippen molar-refractivity contribution in [3.8, 4) is 11.5 Å². The molecule has 0 N–H and O–H groups in total. The fraction of sp³-hybridized carbons (Fsp3) is 0.273. The number of methoxy groups -OCH3 is 1. The Balaban J connectivity index is 2.73. The van der Waals surface area contributed by atoms with Crippen LogP contribution < -0.4 is 9.47 Å². The van der Waals surface area contributed by atoms with Crippen molar-refractivity contribution in [1.29, 1.82) is 0 Å². The molecule has 0 fully saturated rings. The summed E-state index contributed by atoms with van der Waals surface area (Å²) in [6.07, 6.45) is 0. The fourth-order valence-corrected chi connectivity index (χ4v) is 1.40. The second-order valence-electron chi connectivity index (χ2n) is 3.04. The van der Waals surface area contributed by atoms with Gasteiger partial charge in [0.05, 0.1) is 11.6 Å². The third-order valence-electron chi connectivity index (χ3n) is 1.61. The lowest BCUT2D eigenvalue weighted by Crippen LogP contribution is -1.98. The maximum Gasteiger partial charge on any atom is 0.134 e. The lowest BCUT2D eigenvalue weighted by Gasteiger charge is -2.08. The van der Waals surface area contributed by atoms with Gasteiger partial charge in [0, 0.05) is 0 Å². The summed E-state index contributed by atoms with van der Waals surface area (Å²) in [6, 6.07) is 5.60. The summed E-state index contributed by atoms with van der Waals surface area (Å²) >= 11 is 3.40. The van der Waals surface area contributed by atoms with Gasteiger partial charge >= 0.3 is 0 Å². The Bertz CT molecular complexity index is 334. The fourth-order valence-electron chi connectivity index (χ4n) is 0.927. The predicted molar refractivity (Wildman–Crippen MR) is 61.0 cm³/mol. The van der Waals surface area contributed by atoms with Crippen molar-refractivity contribution in [2.45, 2.75) is 6.92 Å². The maximum atomic E-state index is 5.50. The molecule has 1 aromatic rings. The second kappa shape index (κ2) is 5.05. The van der Waals surface area contributed by atoms with E-state index in [4.69, 9.17) is 9.47 Å². The van der Waals surface area contributed by atoms with Crippen LogP contribution in [-0.4, -0.2) is 13.7 Å². The van der Waals surface area contributed by atoms with Gasteiger partial charge in [-0.25, -0.2) is 0 Å². The zero-order chi connectivity index (χ0) is 10.6. The van der Waals surface area contributed by atoms with Gasteiger partial charge in [-0.1, -0.05) is 6.58 Å². The van der Waals surface area contributed by atoms with Crippen molar-refractivity contribution in [3.05, 3.63) is 34.8 Å². The van der Waals surface area contributed by atoms with Crippen molar-refractivity contribution in [3.63, 3.8) is 0 Å². The van der Waals surface area contributed by atoms with E-state index in [2.05, 4.69) is 22.5 Å². The molecule has 0 unspecified atom stereocenters. The average molecular weight is 257 g/mol. The molecule has 0 aliphatic carbocycles. The average Bonchev–Trinajstić information content (AvgIpc) is 2.15. The van der Waals surface area contributed by atoms with Gasteiger partial charge < -0.3 is 9.47 Å². The van der Waals surface area contributed by atoms with Crippen LogP contribution in [0.15, 0.2) is 34.8 Å². The van der Waals surface area contributed by atoms with Crippen molar-refractivity contribution in [2.24, 2.45) is 0 Å². The first-order valence-electron chi connectivity index (χ1n) is 4.24. The van der Waals surface area contributed by atoms with E-state index < -0.39 is 0 Å². The maximum absolute atomic E-state index is 5.50. The molecule has 1 aromatic carbocycles. The van der Waals surface area contributed by atoms with E-state index in [1.54, 1.807) is 7.11 Å². The van der Waals surface area contributed by atoms with Crippen LogP contribution in [0.5, 0.6) is 11.5 Å². The highest BCUT2D eigenvalue weighted by atomic mass is 79.9. The van der Waals surface area contributed by atoms with Crippen LogP contribution in [-0.2, 0) is 0 Å². The minimum absolute atomic E-state index is 0.533. The molecule has 0 saturated carbocycles. The largest absolute Gasteiger partial charge is 0.497 e. The molecule has 1 rings (SSSR count). The first-order valence-corrected chi connectivity index (χ1v) is 5.03. The van der Waals surface area contributed by atoms with Crippen molar-refractivity contribution in [1.82, 2.24) is 0 Å². The molecule has 3 heteroatoms. The van der Waals surface area contributed by atoms with Crippen molar-refractivity contribution >= 4 is 15.9 Å². The molecule has 76 valence electrons. The molecule has 0 bridgehead atoms. The molecular formula is C11H13BrO2. The van der Waals surface area contributed by atoms with Gasteiger partial charge in [-0.3, -0.25) is 0 Å². The van der Waals surface area contributed by atoms with Crippen molar-refractivity contribution in [2.75, 3.05) is 13.7 Å². The standard InChI is InChI=1S/C11H13BrO2/c1-8(2)7-14-11-5-4-9(13-3)6-10(11)12/h4-6H,1,7H2,2-3H3. The third-order valence-corrected chi connectivity index (χ3v) is 2.23. The van der Waals surface area contributed by atoms with Crippen LogP contribution in [0.3, 0.4) is 0 Å². The Morgan fingerprint density at radius 2 is 2.21 bits per heavy atom.